The number of hydrogen-bond acceptors (Lipinski definition) is 4. The summed E-state index contributed by atoms with van der Waals surface area (Å²) in [6, 6.07) is 2.16. The van der Waals surface area contributed by atoms with Gasteiger partial charge in [-0.05, 0) is 64.5 Å². The van der Waals surface area contributed by atoms with E-state index >= 15 is 0 Å². The molecule has 0 atom stereocenters. The summed E-state index contributed by atoms with van der Waals surface area (Å²) in [6.45, 7) is 6.93. The van der Waals surface area contributed by atoms with Crippen LogP contribution in [0.3, 0.4) is 0 Å². The molecule has 5 nitrogen and oxygen atoms in total. The number of carbonyl (C=O) groups is 2. The molecule has 132 valence electrons. The average molecular weight is 350 g/mol. The Morgan fingerprint density at radius 1 is 1.25 bits per heavy atom. The van der Waals surface area contributed by atoms with Crippen LogP contribution in [0.25, 0.3) is 0 Å². The summed E-state index contributed by atoms with van der Waals surface area (Å²) in [5.74, 6) is 0.144. The van der Waals surface area contributed by atoms with Gasteiger partial charge in [-0.1, -0.05) is 0 Å². The molecule has 0 bridgehead atoms. The highest BCUT2D eigenvalue weighted by molar-refractivity contribution is 7.14. The van der Waals surface area contributed by atoms with Gasteiger partial charge in [0.2, 0.25) is 0 Å². The van der Waals surface area contributed by atoms with Crippen LogP contribution in [0.2, 0.25) is 0 Å². The Kier molecular flexibility index (Phi) is 4.85. The van der Waals surface area contributed by atoms with Gasteiger partial charge < -0.3 is 15.0 Å². The number of fused-ring (bicyclic) bond motifs is 1. The number of nitrogens with one attached hydrogen (secondary N) is 1. The van der Waals surface area contributed by atoms with Crippen molar-refractivity contribution >= 4 is 23.3 Å². The molecule has 6 heteroatoms. The van der Waals surface area contributed by atoms with Crippen molar-refractivity contribution in [3.8, 4) is 0 Å². The number of carbonyl (C=O) groups excluding carboxylic acids is 2. The van der Waals surface area contributed by atoms with E-state index in [0.29, 0.717) is 13.1 Å². The fourth-order valence-corrected chi connectivity index (χ4v) is 4.51. The van der Waals surface area contributed by atoms with Crippen LogP contribution in [-0.4, -0.2) is 41.6 Å². The highest BCUT2D eigenvalue weighted by atomic mass is 32.1. The predicted molar refractivity (Wildman–Crippen MR) is 94.6 cm³/mol. The minimum Gasteiger partial charge on any atom is -0.444 e. The Balaban J connectivity index is 1.49. The van der Waals surface area contributed by atoms with Crippen LogP contribution in [-0.2, 0) is 17.6 Å². The zero-order valence-corrected chi connectivity index (χ0v) is 15.5. The summed E-state index contributed by atoms with van der Waals surface area (Å²) in [5.41, 5.74) is 0.880. The number of rotatable bonds is 2. The van der Waals surface area contributed by atoms with E-state index in [4.69, 9.17) is 4.74 Å². The van der Waals surface area contributed by atoms with Crippen LogP contribution in [0.4, 0.5) is 4.79 Å². The molecule has 0 aromatic carbocycles. The number of likely N-dealkylation sites (tertiary alicyclic amines) is 1. The van der Waals surface area contributed by atoms with E-state index in [1.54, 1.807) is 11.3 Å². The van der Waals surface area contributed by atoms with Gasteiger partial charge in [0.15, 0.2) is 0 Å². The average Bonchev–Trinajstić information content (AvgIpc) is 3.06. The zero-order chi connectivity index (χ0) is 17.3. The first-order valence-corrected chi connectivity index (χ1v) is 9.54. The molecule has 2 aliphatic rings. The van der Waals surface area contributed by atoms with Gasteiger partial charge in [0.1, 0.15) is 5.60 Å². The topological polar surface area (TPSA) is 58.6 Å². The van der Waals surface area contributed by atoms with Gasteiger partial charge in [0.25, 0.3) is 5.91 Å². The fourth-order valence-electron chi connectivity index (χ4n) is 3.29. The van der Waals surface area contributed by atoms with E-state index in [2.05, 4.69) is 11.4 Å². The van der Waals surface area contributed by atoms with Crippen molar-refractivity contribution in [1.82, 2.24) is 10.2 Å². The van der Waals surface area contributed by atoms with Crippen LogP contribution in [0, 0.1) is 0 Å². The summed E-state index contributed by atoms with van der Waals surface area (Å²) in [7, 11) is 0. The summed E-state index contributed by atoms with van der Waals surface area (Å²) in [4.78, 5) is 28.7. The summed E-state index contributed by atoms with van der Waals surface area (Å²) in [6.07, 6.45) is 4.63. The third kappa shape index (κ3) is 4.09. The Labute approximate surface area is 147 Å². The van der Waals surface area contributed by atoms with Crippen LogP contribution in [0.15, 0.2) is 6.07 Å². The maximum atomic E-state index is 12.6. The molecule has 0 unspecified atom stereocenters. The molecule has 3 rings (SSSR count). The van der Waals surface area contributed by atoms with Gasteiger partial charge in [-0.15, -0.1) is 11.3 Å². The van der Waals surface area contributed by atoms with Gasteiger partial charge in [0, 0.05) is 24.0 Å². The van der Waals surface area contributed by atoms with Crippen molar-refractivity contribution in [1.29, 1.82) is 0 Å². The maximum absolute atomic E-state index is 12.6. The quantitative estimate of drug-likeness (QED) is 0.890. The molecule has 0 spiro atoms. The Bertz CT molecular complexity index is 603. The van der Waals surface area contributed by atoms with E-state index in [0.717, 1.165) is 30.6 Å². The van der Waals surface area contributed by atoms with Crippen LogP contribution >= 0.6 is 11.3 Å². The zero-order valence-electron chi connectivity index (χ0n) is 14.7. The Morgan fingerprint density at radius 3 is 2.58 bits per heavy atom. The van der Waals surface area contributed by atoms with Gasteiger partial charge >= 0.3 is 6.09 Å². The van der Waals surface area contributed by atoms with Gasteiger partial charge in [0.05, 0.1) is 4.88 Å². The third-order valence-electron chi connectivity index (χ3n) is 4.46. The second-order valence-corrected chi connectivity index (χ2v) is 8.76. The number of ether oxygens (including phenoxy) is 1. The molecule has 2 heterocycles. The molecular weight excluding hydrogens is 324 g/mol. The van der Waals surface area contributed by atoms with E-state index in [1.165, 1.54) is 16.9 Å². The second kappa shape index (κ2) is 6.75. The lowest BCUT2D eigenvalue weighted by Gasteiger charge is -2.32. The summed E-state index contributed by atoms with van der Waals surface area (Å²) in [5, 5.41) is 2.91. The standard InChI is InChI=1S/C18H26N2O3S/c1-18(2,3)23-17(22)19-13-7-9-20(10-8-13)16(21)15-11-12-5-4-6-14(12)24-15/h11,13H,4-10H2,1-3H3,(H,19,22). The van der Waals surface area contributed by atoms with E-state index in [1.807, 2.05) is 25.7 Å². The van der Waals surface area contributed by atoms with E-state index in [-0.39, 0.29) is 18.0 Å². The first kappa shape index (κ1) is 17.3. The van der Waals surface area contributed by atoms with Crippen molar-refractivity contribution < 1.29 is 14.3 Å². The van der Waals surface area contributed by atoms with Crippen molar-refractivity contribution in [2.45, 2.75) is 64.5 Å². The smallest absolute Gasteiger partial charge is 0.407 e. The Hall–Kier alpha value is -1.56. The normalized spacial score (nSPS) is 18.4. The lowest BCUT2D eigenvalue weighted by Crippen LogP contribution is -2.47. The maximum Gasteiger partial charge on any atom is 0.407 e. The van der Waals surface area contributed by atoms with Crippen LogP contribution in [0.1, 0.15) is 60.1 Å². The lowest BCUT2D eigenvalue weighted by molar-refractivity contribution is 0.0474. The highest BCUT2D eigenvalue weighted by Crippen LogP contribution is 2.31. The second-order valence-electron chi connectivity index (χ2n) is 7.63. The minimum atomic E-state index is -0.486. The van der Waals surface area contributed by atoms with Crippen molar-refractivity contribution in [3.63, 3.8) is 0 Å². The molecule has 1 fully saturated rings. The first-order valence-electron chi connectivity index (χ1n) is 8.72. The predicted octanol–water partition coefficient (Wildman–Crippen LogP) is 3.37. The monoisotopic (exact) mass is 350 g/mol. The molecule has 1 saturated heterocycles. The van der Waals surface area contributed by atoms with Crippen molar-refractivity contribution in [3.05, 3.63) is 21.4 Å². The highest BCUT2D eigenvalue weighted by Gasteiger charge is 2.28. The molecule has 1 N–H and O–H groups in total. The molecule has 0 radical (unpaired) electrons. The van der Waals surface area contributed by atoms with Gasteiger partial charge in [-0.3, -0.25) is 4.79 Å². The third-order valence-corrected chi connectivity index (χ3v) is 5.69. The molecule has 1 aromatic rings. The minimum absolute atomic E-state index is 0.0808. The van der Waals surface area contributed by atoms with Crippen molar-refractivity contribution in [2.75, 3.05) is 13.1 Å². The first-order chi connectivity index (χ1) is 11.3. The fraction of sp³-hybridized carbons (Fsp3) is 0.667. The van der Waals surface area contributed by atoms with Crippen LogP contribution < -0.4 is 5.32 Å². The number of nitrogens with zero attached hydrogens (tertiary/aromatic N) is 1. The number of aryl methyl sites for hydroxylation is 2. The number of alkyl carbamates (subject to hydrolysis) is 1. The van der Waals surface area contributed by atoms with Gasteiger partial charge in [-0.25, -0.2) is 4.79 Å². The number of amides is 2. The SMILES string of the molecule is CC(C)(C)OC(=O)NC1CCN(C(=O)c2cc3c(s2)CCC3)CC1. The molecule has 2 amide bonds. The van der Waals surface area contributed by atoms with Gasteiger partial charge in [-0.2, -0.15) is 0 Å². The Morgan fingerprint density at radius 2 is 1.96 bits per heavy atom. The van der Waals surface area contributed by atoms with Crippen molar-refractivity contribution in [2.24, 2.45) is 0 Å². The van der Waals surface area contributed by atoms with Crippen LogP contribution in [0.5, 0.6) is 0 Å². The largest absolute Gasteiger partial charge is 0.444 e. The molecule has 1 aromatic heterocycles. The molecule has 1 aliphatic heterocycles. The summed E-state index contributed by atoms with van der Waals surface area (Å²) >= 11 is 1.66. The number of piperidine rings is 1. The molecule has 1 aliphatic carbocycles. The van der Waals surface area contributed by atoms with E-state index in [9.17, 15) is 9.59 Å². The molecular formula is C18H26N2O3S. The summed E-state index contributed by atoms with van der Waals surface area (Å²) < 4.78 is 5.29. The lowest BCUT2D eigenvalue weighted by atomic mass is 10.0. The van der Waals surface area contributed by atoms with E-state index < -0.39 is 5.60 Å². The molecule has 24 heavy (non-hydrogen) atoms. The molecule has 0 saturated carbocycles. The number of hydrogen-bond donors (Lipinski definition) is 1. The number of thiophene rings is 1.